The molecule has 0 fully saturated rings. The van der Waals surface area contributed by atoms with Crippen LogP contribution in [0.2, 0.25) is 0 Å². The zero-order valence-electron chi connectivity index (χ0n) is 6.66. The molecule has 0 aliphatic carbocycles. The normalized spacial score (nSPS) is 10.4. The molecule has 62 valence electrons. The van der Waals surface area contributed by atoms with Crippen molar-refractivity contribution in [3.8, 4) is 10.6 Å². The standard InChI is InChI=1S/C8H9N3S/c1-5-2-3-12-8(5)7-6(9)4-10-11-7/h2-4H,9H2,1H3,(H,10,11). The Kier molecular flexibility index (Phi) is 1.62. The number of aromatic amines is 1. The first-order valence-corrected chi connectivity index (χ1v) is 4.50. The third-order valence-electron chi connectivity index (χ3n) is 1.76. The number of hydrogen-bond acceptors (Lipinski definition) is 3. The van der Waals surface area contributed by atoms with Crippen LogP contribution in [0.15, 0.2) is 17.6 Å². The van der Waals surface area contributed by atoms with Crippen LogP contribution in [0.3, 0.4) is 0 Å². The molecule has 0 bridgehead atoms. The Bertz CT molecular complexity index is 350. The van der Waals surface area contributed by atoms with Gasteiger partial charge in [0, 0.05) is 0 Å². The van der Waals surface area contributed by atoms with Crippen LogP contribution in [0.5, 0.6) is 0 Å². The average molecular weight is 179 g/mol. The van der Waals surface area contributed by atoms with Gasteiger partial charge in [0.1, 0.15) is 0 Å². The van der Waals surface area contributed by atoms with Gasteiger partial charge >= 0.3 is 0 Å². The summed E-state index contributed by atoms with van der Waals surface area (Å²) in [7, 11) is 0. The van der Waals surface area contributed by atoms with Crippen molar-refractivity contribution in [3.63, 3.8) is 0 Å². The highest BCUT2D eigenvalue weighted by Gasteiger charge is 2.07. The van der Waals surface area contributed by atoms with Crippen molar-refractivity contribution in [2.75, 3.05) is 5.73 Å². The van der Waals surface area contributed by atoms with Gasteiger partial charge < -0.3 is 5.73 Å². The van der Waals surface area contributed by atoms with E-state index in [9.17, 15) is 0 Å². The molecule has 2 aromatic heterocycles. The molecule has 0 unspecified atom stereocenters. The van der Waals surface area contributed by atoms with E-state index in [0.29, 0.717) is 5.69 Å². The van der Waals surface area contributed by atoms with Gasteiger partial charge in [-0.25, -0.2) is 0 Å². The van der Waals surface area contributed by atoms with Crippen LogP contribution >= 0.6 is 11.3 Å². The fourth-order valence-corrected chi connectivity index (χ4v) is 2.05. The molecule has 2 rings (SSSR count). The van der Waals surface area contributed by atoms with E-state index in [4.69, 9.17) is 5.73 Å². The molecule has 0 amide bonds. The van der Waals surface area contributed by atoms with E-state index >= 15 is 0 Å². The lowest BCUT2D eigenvalue weighted by atomic mass is 10.2. The number of aromatic nitrogens is 2. The third-order valence-corrected chi connectivity index (χ3v) is 2.79. The Morgan fingerprint density at radius 3 is 2.92 bits per heavy atom. The number of nitrogen functional groups attached to an aromatic ring is 1. The molecular weight excluding hydrogens is 170 g/mol. The highest BCUT2D eigenvalue weighted by atomic mass is 32.1. The molecule has 0 radical (unpaired) electrons. The van der Waals surface area contributed by atoms with Crippen LogP contribution in [-0.4, -0.2) is 10.2 Å². The van der Waals surface area contributed by atoms with Crippen LogP contribution in [-0.2, 0) is 0 Å². The maximum atomic E-state index is 5.71. The van der Waals surface area contributed by atoms with E-state index in [1.54, 1.807) is 17.5 Å². The van der Waals surface area contributed by atoms with Gasteiger partial charge in [-0.1, -0.05) is 0 Å². The molecular formula is C8H9N3S. The minimum absolute atomic E-state index is 0.709. The fourth-order valence-electron chi connectivity index (χ4n) is 1.11. The van der Waals surface area contributed by atoms with Gasteiger partial charge in [0.15, 0.2) is 0 Å². The molecule has 0 aliphatic rings. The van der Waals surface area contributed by atoms with Crippen LogP contribution in [0.1, 0.15) is 5.56 Å². The maximum absolute atomic E-state index is 5.71. The largest absolute Gasteiger partial charge is 0.396 e. The lowest BCUT2D eigenvalue weighted by Crippen LogP contribution is -1.85. The van der Waals surface area contributed by atoms with Crippen molar-refractivity contribution in [3.05, 3.63) is 23.2 Å². The second kappa shape index (κ2) is 2.64. The molecule has 2 heterocycles. The van der Waals surface area contributed by atoms with Gasteiger partial charge in [0.25, 0.3) is 0 Å². The summed E-state index contributed by atoms with van der Waals surface area (Å²) in [6, 6.07) is 2.07. The Morgan fingerprint density at radius 2 is 2.42 bits per heavy atom. The summed E-state index contributed by atoms with van der Waals surface area (Å²) in [5, 5.41) is 8.81. The molecule has 0 aromatic carbocycles. The molecule has 0 aliphatic heterocycles. The summed E-state index contributed by atoms with van der Waals surface area (Å²) >= 11 is 1.67. The number of rotatable bonds is 1. The van der Waals surface area contributed by atoms with Crippen LogP contribution in [0, 0.1) is 6.92 Å². The lowest BCUT2D eigenvalue weighted by molar-refractivity contribution is 1.10. The van der Waals surface area contributed by atoms with Crippen molar-refractivity contribution < 1.29 is 0 Å². The highest BCUT2D eigenvalue weighted by Crippen LogP contribution is 2.30. The summed E-state index contributed by atoms with van der Waals surface area (Å²) in [5.41, 5.74) is 8.59. The third kappa shape index (κ3) is 1.00. The average Bonchev–Trinajstić information content (AvgIpc) is 2.59. The first kappa shape index (κ1) is 7.36. The Balaban J connectivity index is 2.57. The van der Waals surface area contributed by atoms with Crippen LogP contribution in [0.4, 0.5) is 5.69 Å². The number of nitrogens with one attached hydrogen (secondary N) is 1. The Hall–Kier alpha value is -1.29. The van der Waals surface area contributed by atoms with Gasteiger partial charge in [-0.15, -0.1) is 11.3 Å². The SMILES string of the molecule is Cc1ccsc1-c1[nH]ncc1N. The minimum atomic E-state index is 0.709. The number of aryl methyl sites for hydroxylation is 1. The van der Waals surface area contributed by atoms with Gasteiger partial charge in [-0.05, 0) is 23.9 Å². The number of H-pyrrole nitrogens is 1. The van der Waals surface area contributed by atoms with Crippen LogP contribution in [0.25, 0.3) is 10.6 Å². The molecule has 0 spiro atoms. The second-order valence-corrected chi connectivity index (χ2v) is 3.55. The van der Waals surface area contributed by atoms with E-state index in [1.165, 1.54) is 10.4 Å². The zero-order valence-corrected chi connectivity index (χ0v) is 7.48. The maximum Gasteiger partial charge on any atom is 0.0982 e. The number of nitrogens with two attached hydrogens (primary N) is 1. The van der Waals surface area contributed by atoms with E-state index in [-0.39, 0.29) is 0 Å². The van der Waals surface area contributed by atoms with E-state index in [2.05, 4.69) is 23.2 Å². The molecule has 12 heavy (non-hydrogen) atoms. The number of nitrogens with zero attached hydrogens (tertiary/aromatic N) is 1. The number of anilines is 1. The molecule has 3 nitrogen and oxygen atoms in total. The van der Waals surface area contributed by atoms with Gasteiger partial charge in [0.05, 0.1) is 22.5 Å². The zero-order chi connectivity index (χ0) is 8.55. The first-order chi connectivity index (χ1) is 5.79. The van der Waals surface area contributed by atoms with Gasteiger partial charge in [-0.2, -0.15) is 5.10 Å². The van der Waals surface area contributed by atoms with Crippen molar-refractivity contribution in [2.45, 2.75) is 6.92 Å². The Morgan fingerprint density at radius 1 is 1.58 bits per heavy atom. The van der Waals surface area contributed by atoms with E-state index < -0.39 is 0 Å². The van der Waals surface area contributed by atoms with Gasteiger partial charge in [0.2, 0.25) is 0 Å². The molecule has 4 heteroatoms. The summed E-state index contributed by atoms with van der Waals surface area (Å²) in [4.78, 5) is 1.17. The van der Waals surface area contributed by atoms with E-state index in [1.807, 2.05) is 5.38 Å². The van der Waals surface area contributed by atoms with Crippen molar-refractivity contribution in [2.24, 2.45) is 0 Å². The topological polar surface area (TPSA) is 54.7 Å². The monoisotopic (exact) mass is 179 g/mol. The van der Waals surface area contributed by atoms with Crippen molar-refractivity contribution in [1.29, 1.82) is 0 Å². The molecule has 2 aromatic rings. The van der Waals surface area contributed by atoms with Crippen LogP contribution < -0.4 is 5.73 Å². The molecule has 3 N–H and O–H groups in total. The number of thiophene rings is 1. The van der Waals surface area contributed by atoms with Crippen molar-refractivity contribution >= 4 is 17.0 Å². The second-order valence-electron chi connectivity index (χ2n) is 2.63. The smallest absolute Gasteiger partial charge is 0.0982 e. The predicted molar refractivity (Wildman–Crippen MR) is 51.1 cm³/mol. The Labute approximate surface area is 74.2 Å². The quantitative estimate of drug-likeness (QED) is 0.703. The summed E-state index contributed by atoms with van der Waals surface area (Å²) in [6.07, 6.45) is 1.63. The summed E-state index contributed by atoms with van der Waals surface area (Å²) < 4.78 is 0. The lowest BCUT2D eigenvalue weighted by Gasteiger charge is -1.95. The molecule has 0 saturated heterocycles. The number of hydrogen-bond donors (Lipinski definition) is 2. The highest BCUT2D eigenvalue weighted by molar-refractivity contribution is 7.13. The van der Waals surface area contributed by atoms with Gasteiger partial charge in [-0.3, -0.25) is 5.10 Å². The van der Waals surface area contributed by atoms with E-state index in [0.717, 1.165) is 5.69 Å². The minimum Gasteiger partial charge on any atom is -0.396 e. The first-order valence-electron chi connectivity index (χ1n) is 3.62. The summed E-state index contributed by atoms with van der Waals surface area (Å²) in [5.74, 6) is 0. The molecule has 0 saturated carbocycles. The summed E-state index contributed by atoms with van der Waals surface area (Å²) in [6.45, 7) is 2.06. The van der Waals surface area contributed by atoms with Crippen molar-refractivity contribution in [1.82, 2.24) is 10.2 Å². The predicted octanol–water partition coefficient (Wildman–Crippen LogP) is 2.03. The molecule has 0 atom stereocenters. The fraction of sp³-hybridized carbons (Fsp3) is 0.125.